The van der Waals surface area contributed by atoms with Gasteiger partial charge in [-0.1, -0.05) is 18.2 Å². The lowest BCUT2D eigenvalue weighted by Gasteiger charge is -2.20. The molecule has 8 nitrogen and oxygen atoms in total. The summed E-state index contributed by atoms with van der Waals surface area (Å²) in [4.78, 5) is 48.9. The molecule has 0 aliphatic carbocycles. The van der Waals surface area contributed by atoms with Crippen molar-refractivity contribution < 1.29 is 19.1 Å². The molecule has 6 rings (SSSR count). The van der Waals surface area contributed by atoms with Gasteiger partial charge < -0.3 is 9.72 Å². The summed E-state index contributed by atoms with van der Waals surface area (Å²) in [7, 11) is 1.47. The summed E-state index contributed by atoms with van der Waals surface area (Å²) in [5, 5.41) is 2.53. The standard InChI is InChI=1S/C25H20N4O4/c1-25(2,3)33-24(32)29-14-10-6-5-8-12(14)16-18-17(22(30)28(4)23(18)31)15-13-9-7-11-26-21(13)27-19(15)20(16)29/h5-11H,1-4H3,(H,26,27). The maximum atomic E-state index is 13.5. The molecule has 164 valence electrons. The monoisotopic (exact) mass is 440 g/mol. The average molecular weight is 440 g/mol. The first-order valence-corrected chi connectivity index (χ1v) is 10.6. The van der Waals surface area contributed by atoms with Crippen molar-refractivity contribution in [3.8, 4) is 0 Å². The van der Waals surface area contributed by atoms with Crippen LogP contribution >= 0.6 is 0 Å². The van der Waals surface area contributed by atoms with E-state index in [-0.39, 0.29) is 5.91 Å². The number of imide groups is 1. The Morgan fingerprint density at radius 3 is 2.36 bits per heavy atom. The van der Waals surface area contributed by atoms with Crippen LogP contribution in [0.5, 0.6) is 0 Å². The lowest BCUT2D eigenvalue weighted by molar-refractivity contribution is 0.0550. The predicted octanol–water partition coefficient (Wildman–Crippen LogP) is 4.83. The van der Waals surface area contributed by atoms with Crippen LogP contribution in [0.4, 0.5) is 4.79 Å². The number of fused-ring (bicyclic) bond motifs is 10. The molecule has 1 aliphatic heterocycles. The SMILES string of the molecule is CN1C(=O)c2c(c3c4ccccc4n(C(=O)OC(C)(C)C)c3c3[nH]c4ncccc4c23)C1=O. The number of carbonyl (C=O) groups excluding carboxylic acids is 3. The van der Waals surface area contributed by atoms with Crippen LogP contribution in [0.15, 0.2) is 42.6 Å². The summed E-state index contributed by atoms with van der Waals surface area (Å²) in [5.74, 6) is -0.770. The third kappa shape index (κ3) is 2.46. The summed E-state index contributed by atoms with van der Waals surface area (Å²) in [6.07, 6.45) is 1.09. The number of pyridine rings is 1. The van der Waals surface area contributed by atoms with Crippen molar-refractivity contribution in [1.29, 1.82) is 0 Å². The molecule has 0 unspecified atom stereocenters. The Hall–Kier alpha value is -4.20. The lowest BCUT2D eigenvalue weighted by Crippen LogP contribution is -2.27. The van der Waals surface area contributed by atoms with E-state index in [1.54, 1.807) is 33.0 Å². The van der Waals surface area contributed by atoms with Crippen LogP contribution in [0.3, 0.4) is 0 Å². The van der Waals surface area contributed by atoms with Gasteiger partial charge in [-0.05, 0) is 39.0 Å². The number of hydrogen-bond acceptors (Lipinski definition) is 5. The minimum absolute atomic E-state index is 0.299. The van der Waals surface area contributed by atoms with Gasteiger partial charge in [0.15, 0.2) is 0 Å². The molecule has 1 aliphatic rings. The molecule has 2 aromatic carbocycles. The fourth-order valence-corrected chi connectivity index (χ4v) is 4.79. The number of nitrogens with zero attached hydrogens (tertiary/aromatic N) is 3. The van der Waals surface area contributed by atoms with Gasteiger partial charge in [-0.15, -0.1) is 0 Å². The smallest absolute Gasteiger partial charge is 0.419 e. The molecule has 0 bridgehead atoms. The Bertz CT molecular complexity index is 1700. The third-order valence-corrected chi connectivity index (χ3v) is 6.05. The van der Waals surface area contributed by atoms with Gasteiger partial charge >= 0.3 is 6.09 Å². The third-order valence-electron chi connectivity index (χ3n) is 6.05. The zero-order valence-corrected chi connectivity index (χ0v) is 18.5. The van der Waals surface area contributed by atoms with Crippen LogP contribution < -0.4 is 0 Å². The summed E-state index contributed by atoms with van der Waals surface area (Å²) in [6.45, 7) is 5.41. The second-order valence-corrected chi connectivity index (χ2v) is 9.25. The van der Waals surface area contributed by atoms with Gasteiger partial charge in [-0.3, -0.25) is 14.5 Å². The van der Waals surface area contributed by atoms with Gasteiger partial charge in [0.05, 0.1) is 27.7 Å². The number of para-hydroxylation sites is 1. The minimum Gasteiger partial charge on any atom is -0.443 e. The van der Waals surface area contributed by atoms with Gasteiger partial charge in [0, 0.05) is 34.8 Å². The number of nitrogens with one attached hydrogen (secondary N) is 1. The maximum Gasteiger partial charge on any atom is 0.419 e. The van der Waals surface area contributed by atoms with Crippen molar-refractivity contribution in [1.82, 2.24) is 19.4 Å². The number of aromatic amines is 1. The fourth-order valence-electron chi connectivity index (χ4n) is 4.79. The van der Waals surface area contributed by atoms with Crippen molar-refractivity contribution >= 4 is 61.6 Å². The van der Waals surface area contributed by atoms with Gasteiger partial charge in [0.1, 0.15) is 11.2 Å². The Morgan fingerprint density at radius 1 is 0.970 bits per heavy atom. The minimum atomic E-state index is -0.724. The molecule has 5 aromatic rings. The summed E-state index contributed by atoms with van der Waals surface area (Å²) in [5.41, 5.74) is 2.13. The second-order valence-electron chi connectivity index (χ2n) is 9.25. The second kappa shape index (κ2) is 6.19. The van der Waals surface area contributed by atoms with Crippen LogP contribution in [0.1, 0.15) is 41.5 Å². The Labute approximate surface area is 187 Å². The highest BCUT2D eigenvalue weighted by Crippen LogP contribution is 2.44. The number of hydrogen-bond donors (Lipinski definition) is 1. The summed E-state index contributed by atoms with van der Waals surface area (Å²) in [6, 6.07) is 11.0. The quantitative estimate of drug-likeness (QED) is 0.348. The Balaban J connectivity index is 1.92. The van der Waals surface area contributed by atoms with E-state index in [1.165, 1.54) is 11.6 Å². The Kier molecular flexibility index (Phi) is 3.65. The number of aromatic nitrogens is 3. The number of ether oxygens (including phenoxy) is 1. The van der Waals surface area contributed by atoms with E-state index in [9.17, 15) is 14.4 Å². The highest BCUT2D eigenvalue weighted by atomic mass is 16.6. The molecular weight excluding hydrogens is 420 g/mol. The maximum absolute atomic E-state index is 13.5. The molecule has 0 fully saturated rings. The number of H-pyrrole nitrogens is 1. The van der Waals surface area contributed by atoms with E-state index in [0.717, 1.165) is 4.90 Å². The first-order chi connectivity index (χ1) is 15.7. The molecule has 4 heterocycles. The molecule has 1 N–H and O–H groups in total. The van der Waals surface area contributed by atoms with Gasteiger partial charge in [0.2, 0.25) is 0 Å². The molecule has 0 saturated carbocycles. The van der Waals surface area contributed by atoms with Crippen LogP contribution in [0.2, 0.25) is 0 Å². The average Bonchev–Trinajstić information content (AvgIpc) is 3.38. The molecule has 0 atom stereocenters. The number of amides is 2. The van der Waals surface area contributed by atoms with Gasteiger partial charge in [-0.2, -0.15) is 0 Å². The van der Waals surface area contributed by atoms with Gasteiger partial charge in [0.25, 0.3) is 11.8 Å². The molecule has 0 radical (unpaired) electrons. The predicted molar refractivity (Wildman–Crippen MR) is 125 cm³/mol. The number of rotatable bonds is 0. The summed E-state index contributed by atoms with van der Waals surface area (Å²) < 4.78 is 7.23. The van der Waals surface area contributed by atoms with Crippen LogP contribution in [-0.4, -0.2) is 50.0 Å². The van der Waals surface area contributed by atoms with E-state index in [2.05, 4.69) is 9.97 Å². The molecule has 0 saturated heterocycles. The van der Waals surface area contributed by atoms with Crippen LogP contribution in [0, 0.1) is 0 Å². The van der Waals surface area contributed by atoms with Crippen molar-refractivity contribution in [2.75, 3.05) is 7.05 Å². The van der Waals surface area contributed by atoms with E-state index >= 15 is 0 Å². The van der Waals surface area contributed by atoms with Crippen molar-refractivity contribution in [2.45, 2.75) is 26.4 Å². The van der Waals surface area contributed by atoms with Gasteiger partial charge in [-0.25, -0.2) is 14.3 Å². The first kappa shape index (κ1) is 19.5. The lowest BCUT2D eigenvalue weighted by atomic mass is 9.97. The molecular formula is C25H20N4O4. The molecule has 8 heteroatoms. The van der Waals surface area contributed by atoms with Crippen molar-refractivity contribution in [3.05, 3.63) is 53.7 Å². The fraction of sp³-hybridized carbons (Fsp3) is 0.200. The van der Waals surface area contributed by atoms with E-state index < -0.39 is 17.6 Å². The Morgan fingerprint density at radius 2 is 1.64 bits per heavy atom. The van der Waals surface area contributed by atoms with E-state index in [4.69, 9.17) is 4.74 Å². The number of benzene rings is 2. The highest BCUT2D eigenvalue weighted by Gasteiger charge is 2.40. The van der Waals surface area contributed by atoms with Crippen LogP contribution in [0.25, 0.3) is 43.7 Å². The molecule has 2 amide bonds. The highest BCUT2D eigenvalue weighted by molar-refractivity contribution is 6.39. The zero-order valence-electron chi connectivity index (χ0n) is 18.5. The topological polar surface area (TPSA) is 97.3 Å². The van der Waals surface area contributed by atoms with E-state index in [1.807, 2.05) is 30.3 Å². The largest absolute Gasteiger partial charge is 0.443 e. The normalized spacial score (nSPS) is 14.2. The van der Waals surface area contributed by atoms with Crippen molar-refractivity contribution in [2.24, 2.45) is 0 Å². The number of carbonyl (C=O) groups is 3. The van der Waals surface area contributed by atoms with Crippen molar-refractivity contribution in [3.63, 3.8) is 0 Å². The first-order valence-electron chi connectivity index (χ1n) is 10.6. The summed E-state index contributed by atoms with van der Waals surface area (Å²) >= 11 is 0. The van der Waals surface area contributed by atoms with Crippen LogP contribution in [-0.2, 0) is 4.74 Å². The zero-order chi connectivity index (χ0) is 23.2. The molecule has 33 heavy (non-hydrogen) atoms. The molecule has 0 spiro atoms. The molecule has 3 aromatic heterocycles. The van der Waals surface area contributed by atoms with E-state index in [0.29, 0.717) is 54.9 Å².